The number of benzene rings is 1. The average Bonchev–Trinajstić information content (AvgIpc) is 3.46. The van der Waals surface area contributed by atoms with E-state index in [1.807, 2.05) is 24.3 Å². The van der Waals surface area contributed by atoms with E-state index < -0.39 is 6.04 Å². The topological polar surface area (TPSA) is 71.4 Å². The van der Waals surface area contributed by atoms with E-state index in [-0.39, 0.29) is 23.4 Å². The molecule has 1 aromatic heterocycles. The van der Waals surface area contributed by atoms with Crippen LogP contribution in [0.5, 0.6) is 0 Å². The lowest BCUT2D eigenvalue weighted by Gasteiger charge is -2.36. The van der Waals surface area contributed by atoms with Gasteiger partial charge in [-0.1, -0.05) is 24.3 Å². The third-order valence-electron chi connectivity index (χ3n) is 5.07. The van der Waals surface area contributed by atoms with Crippen LogP contribution in [0.2, 0.25) is 0 Å². The molecular formula is C20H21N3O3. The van der Waals surface area contributed by atoms with Gasteiger partial charge in [0, 0.05) is 38.3 Å². The molecule has 0 saturated heterocycles. The normalized spacial score (nSPS) is 19.0. The predicted octanol–water partition coefficient (Wildman–Crippen LogP) is 1.23. The number of nitrogens with zero attached hydrogens (tertiary/aromatic N) is 2. The molecule has 1 aromatic carbocycles. The summed E-state index contributed by atoms with van der Waals surface area (Å²) in [6.07, 6.45) is 4.04. The zero-order valence-electron chi connectivity index (χ0n) is 14.6. The molecule has 1 aliphatic carbocycles. The molecule has 0 spiro atoms. The molecule has 4 rings (SSSR count). The number of carbonyl (C=O) groups is 2. The van der Waals surface area contributed by atoms with Gasteiger partial charge in [-0.15, -0.1) is 0 Å². The Morgan fingerprint density at radius 1 is 1.08 bits per heavy atom. The zero-order chi connectivity index (χ0) is 18.3. The van der Waals surface area contributed by atoms with Crippen molar-refractivity contribution in [3.63, 3.8) is 0 Å². The summed E-state index contributed by atoms with van der Waals surface area (Å²) in [6.45, 7) is 0.389. The second-order valence-corrected chi connectivity index (χ2v) is 7.07. The van der Waals surface area contributed by atoms with E-state index in [1.54, 1.807) is 11.9 Å². The van der Waals surface area contributed by atoms with Crippen LogP contribution in [-0.4, -0.2) is 33.4 Å². The average molecular weight is 351 g/mol. The maximum Gasteiger partial charge on any atom is 0.256 e. The number of hydrogen-bond donors (Lipinski definition) is 1. The zero-order valence-corrected chi connectivity index (χ0v) is 14.6. The highest BCUT2D eigenvalue weighted by Gasteiger charge is 2.37. The fourth-order valence-corrected chi connectivity index (χ4v) is 3.38. The largest absolute Gasteiger partial charge is 0.352 e. The van der Waals surface area contributed by atoms with Crippen molar-refractivity contribution in [1.82, 2.24) is 14.8 Å². The molecule has 2 heterocycles. The summed E-state index contributed by atoms with van der Waals surface area (Å²) in [6, 6.07) is 10.5. The van der Waals surface area contributed by atoms with Crippen LogP contribution in [0.3, 0.4) is 0 Å². The van der Waals surface area contributed by atoms with Gasteiger partial charge in [0.2, 0.25) is 11.5 Å². The number of nitrogens with one attached hydrogen (secondary N) is 1. The minimum Gasteiger partial charge on any atom is -0.352 e. The van der Waals surface area contributed by atoms with Crippen LogP contribution in [0.1, 0.15) is 34.3 Å². The van der Waals surface area contributed by atoms with E-state index in [2.05, 4.69) is 5.32 Å². The third kappa shape index (κ3) is 3.14. The molecule has 2 amide bonds. The van der Waals surface area contributed by atoms with Gasteiger partial charge in [0.1, 0.15) is 6.04 Å². The number of aromatic nitrogens is 1. The predicted molar refractivity (Wildman–Crippen MR) is 96.7 cm³/mol. The second-order valence-electron chi connectivity index (χ2n) is 7.07. The molecule has 134 valence electrons. The third-order valence-corrected chi connectivity index (χ3v) is 5.07. The van der Waals surface area contributed by atoms with Crippen molar-refractivity contribution < 1.29 is 9.59 Å². The van der Waals surface area contributed by atoms with Crippen LogP contribution in [0.25, 0.3) is 0 Å². The summed E-state index contributed by atoms with van der Waals surface area (Å²) in [7, 11) is 1.61. The van der Waals surface area contributed by atoms with Crippen molar-refractivity contribution in [2.45, 2.75) is 37.9 Å². The number of carbonyl (C=O) groups excluding carboxylic acids is 2. The van der Waals surface area contributed by atoms with Crippen LogP contribution >= 0.6 is 0 Å². The Morgan fingerprint density at radius 2 is 1.81 bits per heavy atom. The summed E-state index contributed by atoms with van der Waals surface area (Å²) < 4.78 is 1.38. The van der Waals surface area contributed by atoms with Gasteiger partial charge in [0.05, 0.1) is 5.56 Å². The first-order chi connectivity index (χ1) is 12.5. The molecule has 2 aromatic rings. The van der Waals surface area contributed by atoms with Crippen molar-refractivity contribution in [3.8, 4) is 0 Å². The van der Waals surface area contributed by atoms with Gasteiger partial charge < -0.3 is 14.8 Å². The van der Waals surface area contributed by atoms with Gasteiger partial charge in [-0.3, -0.25) is 14.4 Å². The first kappa shape index (κ1) is 16.6. The first-order valence-electron chi connectivity index (χ1n) is 8.88. The lowest BCUT2D eigenvalue weighted by atomic mass is 9.93. The SMILES string of the molecule is Cn1cc(C(=O)N2Cc3ccccc3C[C@@H]2C(=O)NC2CC2)ccc1=O. The molecule has 26 heavy (non-hydrogen) atoms. The van der Waals surface area contributed by atoms with Crippen LogP contribution in [-0.2, 0) is 24.8 Å². The monoisotopic (exact) mass is 351 g/mol. The van der Waals surface area contributed by atoms with E-state index in [0.29, 0.717) is 18.5 Å². The first-order valence-corrected chi connectivity index (χ1v) is 8.88. The Balaban J connectivity index is 1.67. The smallest absolute Gasteiger partial charge is 0.256 e. The fraction of sp³-hybridized carbons (Fsp3) is 0.350. The summed E-state index contributed by atoms with van der Waals surface area (Å²) in [5.41, 5.74) is 2.40. The Kier molecular flexibility index (Phi) is 4.11. The van der Waals surface area contributed by atoms with Crippen molar-refractivity contribution >= 4 is 11.8 Å². The summed E-state index contributed by atoms with van der Waals surface area (Å²) in [5.74, 6) is -0.328. The van der Waals surface area contributed by atoms with E-state index in [4.69, 9.17) is 0 Å². The summed E-state index contributed by atoms with van der Waals surface area (Å²) >= 11 is 0. The Hall–Kier alpha value is -2.89. The van der Waals surface area contributed by atoms with Crippen LogP contribution in [0.4, 0.5) is 0 Å². The number of rotatable bonds is 3. The molecule has 1 aliphatic heterocycles. The minimum atomic E-state index is -0.532. The maximum atomic E-state index is 13.1. The highest BCUT2D eigenvalue weighted by Crippen LogP contribution is 2.26. The van der Waals surface area contributed by atoms with Gasteiger partial charge in [-0.25, -0.2) is 0 Å². The van der Waals surface area contributed by atoms with Gasteiger partial charge in [-0.2, -0.15) is 0 Å². The van der Waals surface area contributed by atoms with Crippen LogP contribution in [0, 0.1) is 0 Å². The molecule has 1 saturated carbocycles. The van der Waals surface area contributed by atoms with Crippen LogP contribution in [0.15, 0.2) is 47.4 Å². The van der Waals surface area contributed by atoms with Gasteiger partial charge in [-0.05, 0) is 30.0 Å². The molecule has 0 radical (unpaired) electrons. The van der Waals surface area contributed by atoms with Crippen molar-refractivity contribution in [2.75, 3.05) is 0 Å². The van der Waals surface area contributed by atoms with Gasteiger partial charge in [0.15, 0.2) is 0 Å². The second kappa shape index (κ2) is 6.44. The molecule has 0 unspecified atom stereocenters. The maximum absolute atomic E-state index is 13.1. The number of pyridine rings is 1. The fourth-order valence-electron chi connectivity index (χ4n) is 3.38. The van der Waals surface area contributed by atoms with Gasteiger partial charge >= 0.3 is 0 Å². The molecular weight excluding hydrogens is 330 g/mol. The lowest BCUT2D eigenvalue weighted by molar-refractivity contribution is -0.126. The molecule has 1 fully saturated rings. The Morgan fingerprint density at radius 3 is 2.50 bits per heavy atom. The highest BCUT2D eigenvalue weighted by atomic mass is 16.2. The Labute approximate surface area is 151 Å². The molecule has 1 N–H and O–H groups in total. The molecule has 1 atom stereocenters. The molecule has 6 heteroatoms. The van der Waals surface area contributed by atoms with E-state index in [0.717, 1.165) is 24.0 Å². The molecule has 2 aliphatic rings. The summed E-state index contributed by atoms with van der Waals surface area (Å²) in [4.78, 5) is 39.1. The number of fused-ring (bicyclic) bond motifs is 1. The van der Waals surface area contributed by atoms with Crippen molar-refractivity contribution in [3.05, 3.63) is 69.6 Å². The van der Waals surface area contributed by atoms with Crippen LogP contribution < -0.4 is 10.9 Å². The summed E-state index contributed by atoms with van der Waals surface area (Å²) in [5, 5.41) is 3.02. The number of aryl methyl sites for hydroxylation is 1. The van der Waals surface area contributed by atoms with E-state index in [1.165, 1.54) is 22.9 Å². The quantitative estimate of drug-likeness (QED) is 0.904. The Bertz CT molecular complexity index is 930. The minimum absolute atomic E-state index is 0.0971. The number of amides is 2. The standard InChI is InChI=1S/C20H21N3O3/c1-22-11-15(6-9-18(22)24)20(26)23-12-14-5-3-2-4-13(14)10-17(23)19(25)21-16-7-8-16/h2-6,9,11,16-17H,7-8,10,12H2,1H3,(H,21,25)/t17-/m1/s1. The van der Waals surface area contributed by atoms with Gasteiger partial charge in [0.25, 0.3) is 5.91 Å². The molecule has 6 nitrogen and oxygen atoms in total. The highest BCUT2D eigenvalue weighted by molar-refractivity contribution is 5.97. The van der Waals surface area contributed by atoms with Crippen molar-refractivity contribution in [1.29, 1.82) is 0 Å². The lowest BCUT2D eigenvalue weighted by Crippen LogP contribution is -2.53. The van der Waals surface area contributed by atoms with E-state index in [9.17, 15) is 14.4 Å². The van der Waals surface area contributed by atoms with Crippen molar-refractivity contribution in [2.24, 2.45) is 7.05 Å². The number of hydrogen-bond acceptors (Lipinski definition) is 3. The van der Waals surface area contributed by atoms with E-state index >= 15 is 0 Å². The molecule has 0 bridgehead atoms.